The van der Waals surface area contributed by atoms with Gasteiger partial charge < -0.3 is 5.32 Å². The summed E-state index contributed by atoms with van der Waals surface area (Å²) in [6.45, 7) is 8.08. The lowest BCUT2D eigenvalue weighted by molar-refractivity contribution is 0.412. The van der Waals surface area contributed by atoms with Crippen LogP contribution < -0.4 is 5.32 Å². The molecule has 0 aliphatic carbocycles. The molecule has 0 aromatic carbocycles. The van der Waals surface area contributed by atoms with Gasteiger partial charge in [0.1, 0.15) is 0 Å². The Morgan fingerprint density at radius 1 is 0.524 bits per heavy atom. The van der Waals surface area contributed by atoms with Crippen molar-refractivity contribution in [3.8, 4) is 0 Å². The van der Waals surface area contributed by atoms with Crippen molar-refractivity contribution in [3.05, 3.63) is 0 Å². The molecule has 0 heterocycles. The van der Waals surface area contributed by atoms with Crippen LogP contribution in [0.3, 0.4) is 0 Å². The first-order valence-corrected chi connectivity index (χ1v) is 10.1. The molecule has 0 aromatic heterocycles. The zero-order valence-electron chi connectivity index (χ0n) is 15.4. The van der Waals surface area contributed by atoms with Crippen LogP contribution in [0.15, 0.2) is 0 Å². The highest BCUT2D eigenvalue weighted by Crippen LogP contribution is 2.14. The van der Waals surface area contributed by atoms with E-state index in [0.29, 0.717) is 0 Å². The van der Waals surface area contributed by atoms with Gasteiger partial charge in [0, 0.05) is 6.04 Å². The molecule has 0 spiro atoms. The lowest BCUT2D eigenvalue weighted by Gasteiger charge is -2.18. The van der Waals surface area contributed by atoms with Crippen LogP contribution in [-0.2, 0) is 0 Å². The molecule has 0 amide bonds. The van der Waals surface area contributed by atoms with E-state index >= 15 is 0 Å². The SMILES string of the molecule is CCCCCCCCC(CCCCCCCC)NCCC. The fourth-order valence-corrected chi connectivity index (χ4v) is 3.04. The van der Waals surface area contributed by atoms with Crippen molar-refractivity contribution in [2.45, 2.75) is 123 Å². The highest BCUT2D eigenvalue weighted by Gasteiger charge is 2.07. The van der Waals surface area contributed by atoms with E-state index < -0.39 is 0 Å². The molecule has 0 aliphatic rings. The molecule has 0 fully saturated rings. The van der Waals surface area contributed by atoms with E-state index in [2.05, 4.69) is 26.1 Å². The summed E-state index contributed by atoms with van der Waals surface area (Å²) in [5.74, 6) is 0. The number of hydrogen-bond donors (Lipinski definition) is 1. The van der Waals surface area contributed by atoms with Gasteiger partial charge in [-0.05, 0) is 25.8 Å². The molecule has 128 valence electrons. The van der Waals surface area contributed by atoms with Crippen molar-refractivity contribution in [1.82, 2.24) is 5.32 Å². The molecule has 0 bridgehead atoms. The summed E-state index contributed by atoms with van der Waals surface area (Å²) in [5.41, 5.74) is 0. The predicted molar refractivity (Wildman–Crippen MR) is 98.1 cm³/mol. The molecule has 0 saturated heterocycles. The molecule has 0 rings (SSSR count). The normalized spacial score (nSPS) is 11.4. The van der Waals surface area contributed by atoms with Crippen LogP contribution in [0.2, 0.25) is 0 Å². The van der Waals surface area contributed by atoms with Crippen LogP contribution in [-0.4, -0.2) is 12.6 Å². The minimum atomic E-state index is 0.794. The summed E-state index contributed by atoms with van der Waals surface area (Å²) in [4.78, 5) is 0. The van der Waals surface area contributed by atoms with Gasteiger partial charge in [-0.3, -0.25) is 0 Å². The van der Waals surface area contributed by atoms with Gasteiger partial charge in [-0.15, -0.1) is 0 Å². The Morgan fingerprint density at radius 3 is 1.38 bits per heavy atom. The Morgan fingerprint density at radius 2 is 0.952 bits per heavy atom. The lowest BCUT2D eigenvalue weighted by Crippen LogP contribution is -2.29. The zero-order chi connectivity index (χ0) is 15.6. The van der Waals surface area contributed by atoms with Gasteiger partial charge in [0.2, 0.25) is 0 Å². The molecule has 0 radical (unpaired) electrons. The van der Waals surface area contributed by atoms with E-state index in [1.807, 2.05) is 0 Å². The third kappa shape index (κ3) is 16.2. The number of nitrogens with one attached hydrogen (secondary N) is 1. The molecular formula is C20H43N. The van der Waals surface area contributed by atoms with Gasteiger partial charge in [0.25, 0.3) is 0 Å². The fourth-order valence-electron chi connectivity index (χ4n) is 3.04. The maximum absolute atomic E-state index is 3.77. The van der Waals surface area contributed by atoms with Crippen molar-refractivity contribution in [3.63, 3.8) is 0 Å². The van der Waals surface area contributed by atoms with Gasteiger partial charge in [-0.25, -0.2) is 0 Å². The second-order valence-corrected chi connectivity index (χ2v) is 6.76. The van der Waals surface area contributed by atoms with Crippen LogP contribution in [0.25, 0.3) is 0 Å². The molecule has 0 saturated carbocycles. The summed E-state index contributed by atoms with van der Waals surface area (Å²) in [6, 6.07) is 0.794. The highest BCUT2D eigenvalue weighted by atomic mass is 14.9. The largest absolute Gasteiger partial charge is 0.314 e. The van der Waals surface area contributed by atoms with Crippen molar-refractivity contribution in [1.29, 1.82) is 0 Å². The van der Waals surface area contributed by atoms with Gasteiger partial charge in [0.05, 0.1) is 0 Å². The van der Waals surface area contributed by atoms with Crippen molar-refractivity contribution in [2.24, 2.45) is 0 Å². The van der Waals surface area contributed by atoms with Crippen LogP contribution in [0.5, 0.6) is 0 Å². The molecule has 21 heavy (non-hydrogen) atoms. The van der Waals surface area contributed by atoms with E-state index in [0.717, 1.165) is 6.04 Å². The standard InChI is InChI=1S/C20H43N/c1-4-7-9-11-13-15-17-20(21-19-6-3)18-16-14-12-10-8-5-2/h20-21H,4-19H2,1-3H3. The van der Waals surface area contributed by atoms with E-state index in [1.54, 1.807) is 0 Å². The van der Waals surface area contributed by atoms with E-state index in [-0.39, 0.29) is 0 Å². The van der Waals surface area contributed by atoms with E-state index in [1.165, 1.54) is 103 Å². The third-order valence-electron chi connectivity index (χ3n) is 4.50. The van der Waals surface area contributed by atoms with Gasteiger partial charge in [0.15, 0.2) is 0 Å². The molecule has 1 nitrogen and oxygen atoms in total. The number of hydrogen-bond acceptors (Lipinski definition) is 1. The fraction of sp³-hybridized carbons (Fsp3) is 1.00. The molecule has 0 atom stereocenters. The van der Waals surface area contributed by atoms with Crippen LogP contribution in [0, 0.1) is 0 Å². The topological polar surface area (TPSA) is 12.0 Å². The summed E-state index contributed by atoms with van der Waals surface area (Å²) in [5, 5.41) is 3.77. The van der Waals surface area contributed by atoms with Crippen molar-refractivity contribution in [2.75, 3.05) is 6.54 Å². The van der Waals surface area contributed by atoms with E-state index in [4.69, 9.17) is 0 Å². The average molecular weight is 298 g/mol. The smallest absolute Gasteiger partial charge is 0.00670 e. The minimum absolute atomic E-state index is 0.794. The Labute approximate surface area is 135 Å². The summed E-state index contributed by atoms with van der Waals surface area (Å²) in [6.07, 6.45) is 21.2. The van der Waals surface area contributed by atoms with E-state index in [9.17, 15) is 0 Å². The first-order valence-electron chi connectivity index (χ1n) is 10.1. The molecule has 0 aliphatic heterocycles. The van der Waals surface area contributed by atoms with Crippen LogP contribution in [0.1, 0.15) is 117 Å². The number of rotatable bonds is 17. The summed E-state index contributed by atoms with van der Waals surface area (Å²) >= 11 is 0. The summed E-state index contributed by atoms with van der Waals surface area (Å²) in [7, 11) is 0. The minimum Gasteiger partial charge on any atom is -0.314 e. The Kier molecular flexibility index (Phi) is 18.0. The lowest BCUT2D eigenvalue weighted by atomic mass is 10.00. The molecule has 0 unspecified atom stereocenters. The van der Waals surface area contributed by atoms with Gasteiger partial charge >= 0.3 is 0 Å². The third-order valence-corrected chi connectivity index (χ3v) is 4.50. The quantitative estimate of drug-likeness (QED) is 0.289. The Balaban J connectivity index is 3.56. The first-order chi connectivity index (χ1) is 10.3. The molecule has 1 N–H and O–H groups in total. The maximum Gasteiger partial charge on any atom is 0.00670 e. The predicted octanol–water partition coefficient (Wildman–Crippen LogP) is 6.86. The first kappa shape index (κ1) is 21.0. The van der Waals surface area contributed by atoms with Crippen LogP contribution >= 0.6 is 0 Å². The van der Waals surface area contributed by atoms with Crippen LogP contribution in [0.4, 0.5) is 0 Å². The second-order valence-electron chi connectivity index (χ2n) is 6.76. The monoisotopic (exact) mass is 297 g/mol. The highest BCUT2D eigenvalue weighted by molar-refractivity contribution is 4.67. The zero-order valence-corrected chi connectivity index (χ0v) is 15.4. The molecule has 0 aromatic rings. The molecular weight excluding hydrogens is 254 g/mol. The second kappa shape index (κ2) is 18.0. The summed E-state index contributed by atoms with van der Waals surface area (Å²) < 4.78 is 0. The average Bonchev–Trinajstić information content (AvgIpc) is 2.50. The maximum atomic E-state index is 3.77. The molecule has 1 heteroatoms. The van der Waals surface area contributed by atoms with Crippen molar-refractivity contribution < 1.29 is 0 Å². The van der Waals surface area contributed by atoms with Crippen molar-refractivity contribution >= 4 is 0 Å². The van der Waals surface area contributed by atoms with Gasteiger partial charge in [-0.1, -0.05) is 97.8 Å². The number of unbranched alkanes of at least 4 members (excludes halogenated alkanes) is 10. The Bertz CT molecular complexity index is 163. The van der Waals surface area contributed by atoms with Gasteiger partial charge in [-0.2, -0.15) is 0 Å². The Hall–Kier alpha value is -0.0400.